The molecule has 0 N–H and O–H groups in total. The van der Waals surface area contributed by atoms with Crippen LogP contribution in [0.4, 0.5) is 8.78 Å². The van der Waals surface area contributed by atoms with Gasteiger partial charge in [0.05, 0.1) is 0 Å². The maximum Gasteiger partial charge on any atom is 0.222 e. The smallest absolute Gasteiger partial charge is 0.222 e. The Bertz CT molecular complexity index is 654. The Morgan fingerprint density at radius 1 is 1.09 bits per heavy atom. The summed E-state index contributed by atoms with van der Waals surface area (Å²) in [5, 5.41) is 0. The van der Waals surface area contributed by atoms with Crippen molar-refractivity contribution in [2.45, 2.75) is 44.9 Å². The van der Waals surface area contributed by atoms with Gasteiger partial charge in [-0.2, -0.15) is 0 Å². The molecule has 0 saturated heterocycles. The van der Waals surface area contributed by atoms with Gasteiger partial charge in [-0.3, -0.25) is 0 Å². The quantitative estimate of drug-likeness (QED) is 0.709. The molecule has 1 aliphatic carbocycles. The molecule has 1 aromatic heterocycles. The molecule has 0 radical (unpaired) electrons. The molecular weight excluding hydrogens is 296 g/mol. The molecule has 23 heavy (non-hydrogen) atoms. The molecule has 2 aromatic rings. The van der Waals surface area contributed by atoms with E-state index in [4.69, 9.17) is 4.74 Å². The Kier molecular flexibility index (Phi) is 5.21. The molecule has 1 heterocycles. The third kappa shape index (κ3) is 4.27. The number of halogens is 2. The zero-order valence-corrected chi connectivity index (χ0v) is 13.1. The highest BCUT2D eigenvalue weighted by Crippen LogP contribution is 2.30. The molecular formula is C19H21F2NO. The minimum Gasteiger partial charge on any atom is -0.436 e. The third-order valence-corrected chi connectivity index (χ3v) is 4.50. The molecule has 0 bridgehead atoms. The monoisotopic (exact) mass is 317 g/mol. The second kappa shape index (κ2) is 7.53. The van der Waals surface area contributed by atoms with E-state index in [9.17, 15) is 8.78 Å². The standard InChI is InChI=1S/C19H21F2NO/c20-16-10-11-18(17(21)13-16)23-19-15(7-4-12-22-19)9-8-14-5-2-1-3-6-14/h4,7,10-14H,1-3,5-6,8-9H2. The summed E-state index contributed by atoms with van der Waals surface area (Å²) in [7, 11) is 0. The number of pyridine rings is 1. The number of aryl methyl sites for hydroxylation is 1. The average Bonchev–Trinajstić information content (AvgIpc) is 2.57. The van der Waals surface area contributed by atoms with Crippen LogP contribution in [0.25, 0.3) is 0 Å². The molecule has 0 amide bonds. The number of ether oxygens (including phenoxy) is 1. The van der Waals surface area contributed by atoms with Crippen LogP contribution < -0.4 is 4.74 Å². The number of hydrogen-bond donors (Lipinski definition) is 0. The fourth-order valence-electron chi connectivity index (χ4n) is 3.20. The first-order chi connectivity index (χ1) is 11.2. The van der Waals surface area contributed by atoms with Crippen molar-refractivity contribution in [2.24, 2.45) is 5.92 Å². The van der Waals surface area contributed by atoms with Crippen LogP contribution in [0.15, 0.2) is 36.5 Å². The largest absolute Gasteiger partial charge is 0.436 e. The van der Waals surface area contributed by atoms with Crippen LogP contribution in [-0.2, 0) is 6.42 Å². The SMILES string of the molecule is Fc1ccc(Oc2ncccc2CCC2CCCCC2)c(F)c1. The minimum absolute atomic E-state index is 0.00372. The first kappa shape index (κ1) is 15.9. The molecule has 1 fully saturated rings. The van der Waals surface area contributed by atoms with Crippen molar-refractivity contribution < 1.29 is 13.5 Å². The van der Waals surface area contributed by atoms with Gasteiger partial charge in [-0.15, -0.1) is 0 Å². The second-order valence-corrected chi connectivity index (χ2v) is 6.19. The van der Waals surface area contributed by atoms with E-state index in [1.54, 1.807) is 6.20 Å². The molecule has 2 nitrogen and oxygen atoms in total. The van der Waals surface area contributed by atoms with E-state index < -0.39 is 11.6 Å². The average molecular weight is 317 g/mol. The Morgan fingerprint density at radius 3 is 2.70 bits per heavy atom. The highest BCUT2D eigenvalue weighted by Gasteiger charge is 2.15. The van der Waals surface area contributed by atoms with Gasteiger partial charge < -0.3 is 4.74 Å². The van der Waals surface area contributed by atoms with Gasteiger partial charge in [0.1, 0.15) is 5.82 Å². The lowest BCUT2D eigenvalue weighted by Gasteiger charge is -2.21. The molecule has 4 heteroatoms. The van der Waals surface area contributed by atoms with E-state index in [2.05, 4.69) is 4.98 Å². The van der Waals surface area contributed by atoms with Gasteiger partial charge >= 0.3 is 0 Å². The lowest BCUT2D eigenvalue weighted by Crippen LogP contribution is -2.08. The maximum atomic E-state index is 13.8. The van der Waals surface area contributed by atoms with E-state index >= 15 is 0 Å². The Balaban J connectivity index is 1.69. The number of nitrogens with zero attached hydrogens (tertiary/aromatic N) is 1. The normalized spacial score (nSPS) is 15.6. The molecule has 1 aromatic carbocycles. The summed E-state index contributed by atoms with van der Waals surface area (Å²) in [6.07, 6.45) is 10.2. The summed E-state index contributed by atoms with van der Waals surface area (Å²) in [4.78, 5) is 4.22. The number of rotatable bonds is 5. The Hall–Kier alpha value is -1.97. The van der Waals surface area contributed by atoms with Gasteiger partial charge in [0, 0.05) is 17.8 Å². The summed E-state index contributed by atoms with van der Waals surface area (Å²) < 4.78 is 32.3. The van der Waals surface area contributed by atoms with E-state index in [-0.39, 0.29) is 5.75 Å². The van der Waals surface area contributed by atoms with Crippen molar-refractivity contribution in [1.82, 2.24) is 4.98 Å². The first-order valence-corrected chi connectivity index (χ1v) is 8.29. The van der Waals surface area contributed by atoms with Crippen LogP contribution in [0.2, 0.25) is 0 Å². The van der Waals surface area contributed by atoms with Gasteiger partial charge in [-0.1, -0.05) is 38.2 Å². The number of benzene rings is 1. The van der Waals surface area contributed by atoms with E-state index in [0.29, 0.717) is 5.88 Å². The van der Waals surface area contributed by atoms with Crippen LogP contribution in [0.3, 0.4) is 0 Å². The molecule has 0 spiro atoms. The van der Waals surface area contributed by atoms with Gasteiger partial charge in [-0.25, -0.2) is 13.8 Å². The summed E-state index contributed by atoms with van der Waals surface area (Å²) in [6, 6.07) is 7.13. The maximum absolute atomic E-state index is 13.8. The third-order valence-electron chi connectivity index (χ3n) is 4.50. The summed E-state index contributed by atoms with van der Waals surface area (Å²) in [5.74, 6) is -0.153. The van der Waals surface area contributed by atoms with Crippen molar-refractivity contribution in [3.63, 3.8) is 0 Å². The van der Waals surface area contributed by atoms with Gasteiger partial charge in [0.2, 0.25) is 5.88 Å². The van der Waals surface area contributed by atoms with Crippen LogP contribution >= 0.6 is 0 Å². The van der Waals surface area contributed by atoms with Gasteiger partial charge in [0.15, 0.2) is 11.6 Å². The van der Waals surface area contributed by atoms with Crippen LogP contribution in [0.5, 0.6) is 11.6 Å². The van der Waals surface area contributed by atoms with Crippen LogP contribution in [0, 0.1) is 17.6 Å². The van der Waals surface area contributed by atoms with E-state index in [1.165, 1.54) is 44.2 Å². The summed E-state index contributed by atoms with van der Waals surface area (Å²) in [5.41, 5.74) is 0.974. The highest BCUT2D eigenvalue weighted by atomic mass is 19.1. The van der Waals surface area contributed by atoms with Gasteiger partial charge in [-0.05, 0) is 37.0 Å². The van der Waals surface area contributed by atoms with Crippen molar-refractivity contribution in [3.8, 4) is 11.6 Å². The molecule has 0 unspecified atom stereocenters. The van der Waals surface area contributed by atoms with Crippen LogP contribution in [0.1, 0.15) is 44.1 Å². The predicted octanol–water partition coefficient (Wildman–Crippen LogP) is 5.67. The highest BCUT2D eigenvalue weighted by molar-refractivity contribution is 5.33. The van der Waals surface area contributed by atoms with E-state index in [1.807, 2.05) is 12.1 Å². The minimum atomic E-state index is -0.714. The molecule has 1 saturated carbocycles. The van der Waals surface area contributed by atoms with Crippen molar-refractivity contribution in [1.29, 1.82) is 0 Å². The van der Waals surface area contributed by atoms with Crippen LogP contribution in [-0.4, -0.2) is 4.98 Å². The van der Waals surface area contributed by atoms with Crippen molar-refractivity contribution in [2.75, 3.05) is 0 Å². The molecule has 122 valence electrons. The fraction of sp³-hybridized carbons (Fsp3) is 0.421. The number of hydrogen-bond acceptors (Lipinski definition) is 2. The summed E-state index contributed by atoms with van der Waals surface area (Å²) >= 11 is 0. The zero-order valence-electron chi connectivity index (χ0n) is 13.1. The molecule has 1 aliphatic rings. The summed E-state index contributed by atoms with van der Waals surface area (Å²) in [6.45, 7) is 0. The molecule has 3 rings (SSSR count). The Morgan fingerprint density at radius 2 is 1.91 bits per heavy atom. The lowest BCUT2D eigenvalue weighted by atomic mass is 9.85. The predicted molar refractivity (Wildman–Crippen MR) is 85.6 cm³/mol. The van der Waals surface area contributed by atoms with Crippen molar-refractivity contribution >= 4 is 0 Å². The topological polar surface area (TPSA) is 22.1 Å². The van der Waals surface area contributed by atoms with E-state index in [0.717, 1.165) is 30.4 Å². The Labute approximate surface area is 135 Å². The molecule has 0 atom stereocenters. The second-order valence-electron chi connectivity index (χ2n) is 6.19. The van der Waals surface area contributed by atoms with Crippen molar-refractivity contribution in [3.05, 3.63) is 53.7 Å². The number of aromatic nitrogens is 1. The van der Waals surface area contributed by atoms with Gasteiger partial charge in [0.25, 0.3) is 0 Å². The fourth-order valence-corrected chi connectivity index (χ4v) is 3.20. The first-order valence-electron chi connectivity index (χ1n) is 8.29. The molecule has 0 aliphatic heterocycles. The zero-order chi connectivity index (χ0) is 16.1. The lowest BCUT2D eigenvalue weighted by molar-refractivity contribution is 0.337.